The molecule has 66 heavy (non-hydrogen) atoms. The molecule has 0 spiro atoms. The molecule has 4 N–H and O–H groups in total. The van der Waals surface area contributed by atoms with Crippen molar-refractivity contribution in [2.45, 2.75) is 151 Å². The molecule has 1 aliphatic carbocycles. The van der Waals surface area contributed by atoms with Crippen LogP contribution in [0.15, 0.2) is 60.7 Å². The zero-order valence-electron chi connectivity index (χ0n) is 38.7. The second-order valence-corrected chi connectivity index (χ2v) is 21.0. The molecule has 5 aliphatic heterocycles. The number of carbonyl (C=O) groups is 6. The van der Waals surface area contributed by atoms with Crippen molar-refractivity contribution in [3.05, 3.63) is 71.8 Å². The van der Waals surface area contributed by atoms with Crippen molar-refractivity contribution >= 4 is 47.3 Å². The molecule has 5 saturated heterocycles. The van der Waals surface area contributed by atoms with E-state index in [2.05, 4.69) is 50.4 Å². The Balaban J connectivity index is 0.899. The third-order valence-electron chi connectivity index (χ3n) is 15.2. The average Bonchev–Trinajstić information content (AvgIpc) is 4.05. The molecule has 358 valence electrons. The number of nitrogens with one attached hydrogen (secondary N) is 4. The predicted molar refractivity (Wildman–Crippen MR) is 256 cm³/mol. The molecule has 14 nitrogen and oxygen atoms in total. The van der Waals surface area contributed by atoms with Gasteiger partial charge in [0, 0.05) is 74.8 Å². The van der Waals surface area contributed by atoms with Crippen LogP contribution in [0, 0.1) is 5.92 Å². The fourth-order valence-electron chi connectivity index (χ4n) is 11.6. The Morgan fingerprint density at radius 1 is 0.758 bits per heavy atom. The van der Waals surface area contributed by atoms with Gasteiger partial charge in [-0.05, 0) is 87.8 Å². The fourth-order valence-corrected chi connectivity index (χ4v) is 13.1. The summed E-state index contributed by atoms with van der Waals surface area (Å²) in [5.41, 5.74) is 2.25. The summed E-state index contributed by atoms with van der Waals surface area (Å²) in [5, 5.41) is 12.4. The van der Waals surface area contributed by atoms with E-state index in [0.29, 0.717) is 69.7 Å². The molecule has 4 unspecified atom stereocenters. The maximum absolute atomic E-state index is 14.5. The number of rotatable bonds is 22. The van der Waals surface area contributed by atoms with Gasteiger partial charge < -0.3 is 36.0 Å². The maximum Gasteiger partial charge on any atom is 0.315 e. The first-order chi connectivity index (χ1) is 32.2. The number of unbranched alkanes of at least 4 members (excludes halogenated alkanes) is 2. The number of nitrogens with zero attached hydrogens (tertiary/aromatic N) is 4. The molecular weight excluding hydrogens is 853 g/mol. The highest BCUT2D eigenvalue weighted by atomic mass is 32.2. The van der Waals surface area contributed by atoms with Crippen LogP contribution in [-0.2, 0) is 36.8 Å². The van der Waals surface area contributed by atoms with Crippen molar-refractivity contribution in [3.63, 3.8) is 0 Å². The summed E-state index contributed by atoms with van der Waals surface area (Å²) in [6.45, 7) is 3.86. The molecule has 8 rings (SSSR count). The number of likely N-dealkylation sites (tertiary alicyclic amines) is 1. The van der Waals surface area contributed by atoms with Crippen LogP contribution in [0.25, 0.3) is 0 Å². The van der Waals surface area contributed by atoms with Crippen LogP contribution < -0.4 is 21.3 Å². The molecule has 15 heteroatoms. The zero-order chi connectivity index (χ0) is 45.8. The van der Waals surface area contributed by atoms with Gasteiger partial charge in [0.1, 0.15) is 0 Å². The zero-order valence-corrected chi connectivity index (χ0v) is 39.5. The minimum absolute atomic E-state index is 0.0451. The number of benzene rings is 2. The number of piperazine rings is 2. The van der Waals surface area contributed by atoms with E-state index in [4.69, 9.17) is 0 Å². The molecule has 6 fully saturated rings. The van der Waals surface area contributed by atoms with Crippen LogP contribution in [0.4, 0.5) is 4.79 Å². The van der Waals surface area contributed by atoms with E-state index in [1.807, 2.05) is 58.0 Å². The molecule has 1 saturated carbocycles. The Hall–Kier alpha value is -4.63. The number of hydrogen-bond acceptors (Lipinski definition) is 8. The quantitative estimate of drug-likeness (QED) is 0.0754. The van der Waals surface area contributed by atoms with Gasteiger partial charge in [-0.1, -0.05) is 99.2 Å². The van der Waals surface area contributed by atoms with Crippen LogP contribution in [0.5, 0.6) is 0 Å². The van der Waals surface area contributed by atoms with Crippen molar-refractivity contribution < 1.29 is 28.8 Å². The topological polar surface area (TPSA) is 163 Å². The Morgan fingerprint density at radius 2 is 1.52 bits per heavy atom. The Labute approximate surface area is 395 Å². The third kappa shape index (κ3) is 12.5. The van der Waals surface area contributed by atoms with Gasteiger partial charge >= 0.3 is 29.7 Å². The van der Waals surface area contributed by atoms with E-state index in [-0.39, 0.29) is 48.2 Å². The van der Waals surface area contributed by atoms with Crippen molar-refractivity contribution in [2.75, 3.05) is 51.6 Å². The molecule has 0 aromatic heterocycles. The minimum Gasteiger partial charge on any atom is -0.356 e. The third-order valence-corrected chi connectivity index (χ3v) is 16.7. The molecule has 5 heterocycles. The lowest BCUT2D eigenvalue weighted by Gasteiger charge is -2.46. The molecule has 7 amide bonds. The second kappa shape index (κ2) is 23.4. The van der Waals surface area contributed by atoms with Crippen LogP contribution in [0.3, 0.4) is 0 Å². The van der Waals surface area contributed by atoms with Gasteiger partial charge in [0.25, 0.3) is 0 Å². The molecule has 2 aromatic carbocycles. The summed E-state index contributed by atoms with van der Waals surface area (Å²) < 4.78 is 0. The SMILES string of the molecule is O=C(CCCC[C@H]1SC[C@H]2NC(=O)N[C@H]21)NCCCCC1CN(C(CC2CCCCC2)CN2CCCC2CN2C(=O)C(=O)NCC2Cc2ccccc2)C(=O)C(=O)N1CCc1ccccc1. The highest BCUT2D eigenvalue weighted by Gasteiger charge is 2.45. The van der Waals surface area contributed by atoms with Gasteiger partial charge in [-0.15, -0.1) is 0 Å². The van der Waals surface area contributed by atoms with Crippen LogP contribution >= 0.6 is 11.8 Å². The number of amides is 7. The maximum atomic E-state index is 14.5. The van der Waals surface area contributed by atoms with E-state index >= 15 is 0 Å². The molecular formula is C51H72N8O6S. The lowest BCUT2D eigenvalue weighted by Crippen LogP contribution is -2.64. The summed E-state index contributed by atoms with van der Waals surface area (Å²) in [5.74, 6) is -0.388. The van der Waals surface area contributed by atoms with Crippen molar-refractivity contribution in [1.29, 1.82) is 0 Å². The molecule has 6 aliphatic rings. The molecule has 7 atom stereocenters. The average molecular weight is 925 g/mol. The van der Waals surface area contributed by atoms with E-state index in [0.717, 1.165) is 94.1 Å². The van der Waals surface area contributed by atoms with Gasteiger partial charge in [0.15, 0.2) is 0 Å². The predicted octanol–water partition coefficient (Wildman–Crippen LogP) is 4.65. The van der Waals surface area contributed by atoms with Crippen molar-refractivity contribution in [3.8, 4) is 0 Å². The number of urea groups is 1. The Kier molecular flexibility index (Phi) is 17.0. The van der Waals surface area contributed by atoms with Gasteiger partial charge in [-0.3, -0.25) is 28.9 Å². The van der Waals surface area contributed by atoms with E-state index in [1.165, 1.54) is 19.3 Å². The molecule has 0 bridgehead atoms. The lowest BCUT2D eigenvalue weighted by molar-refractivity contribution is -0.162. The number of fused-ring (bicyclic) bond motifs is 1. The van der Waals surface area contributed by atoms with Crippen molar-refractivity contribution in [1.82, 2.24) is 40.9 Å². The first kappa shape index (κ1) is 47.8. The van der Waals surface area contributed by atoms with Crippen LogP contribution in [0.2, 0.25) is 0 Å². The monoisotopic (exact) mass is 925 g/mol. The van der Waals surface area contributed by atoms with Crippen LogP contribution in [-0.4, -0.2) is 148 Å². The molecule has 2 aromatic rings. The standard InChI is InChI=1S/C51H72N8O6S/c60-45(24-11-10-23-44-46-43(35-66-44)54-51(65)55-46)52-26-13-12-21-40-34-59(50(64)49(63)57(40)28-25-36-15-4-1-5-16-36)42(30-38-19-8-3-9-20-38)32-56-27-14-22-39(56)33-58-41(31-53-47(61)48(58)62)29-37-17-6-2-7-18-37/h1-2,4-7,15-18,38-44,46H,3,8-14,19-35H2,(H,52,60)(H,53,61)(H2,54,55,65)/t39?,40?,41?,42?,43-,44-,46-/m1/s1. The summed E-state index contributed by atoms with van der Waals surface area (Å²) in [6, 6.07) is 20.2. The highest BCUT2D eigenvalue weighted by Crippen LogP contribution is 2.34. The van der Waals surface area contributed by atoms with E-state index < -0.39 is 23.6 Å². The van der Waals surface area contributed by atoms with Gasteiger partial charge in [-0.25, -0.2) is 4.79 Å². The normalized spacial score (nSPS) is 26.6. The van der Waals surface area contributed by atoms with E-state index in [1.54, 1.807) is 4.90 Å². The summed E-state index contributed by atoms with van der Waals surface area (Å²) in [6.07, 6.45) is 15.5. The fraction of sp³-hybridized carbons (Fsp3) is 0.647. The van der Waals surface area contributed by atoms with Crippen LogP contribution in [0.1, 0.15) is 107 Å². The van der Waals surface area contributed by atoms with E-state index in [9.17, 15) is 28.8 Å². The van der Waals surface area contributed by atoms with Gasteiger partial charge in [0.05, 0.1) is 18.1 Å². The Morgan fingerprint density at radius 3 is 2.30 bits per heavy atom. The largest absolute Gasteiger partial charge is 0.356 e. The first-order valence-electron chi connectivity index (χ1n) is 25.2. The smallest absolute Gasteiger partial charge is 0.315 e. The molecule has 0 radical (unpaired) electrons. The second-order valence-electron chi connectivity index (χ2n) is 19.8. The Bertz CT molecular complexity index is 1970. The highest BCUT2D eigenvalue weighted by molar-refractivity contribution is 8.00. The lowest BCUT2D eigenvalue weighted by atomic mass is 9.84. The summed E-state index contributed by atoms with van der Waals surface area (Å²) in [7, 11) is 0. The minimum atomic E-state index is -0.551. The number of thioether (sulfide) groups is 1. The van der Waals surface area contributed by atoms with Gasteiger partial charge in [-0.2, -0.15) is 11.8 Å². The summed E-state index contributed by atoms with van der Waals surface area (Å²) >= 11 is 1.90. The number of carbonyl (C=O) groups excluding carboxylic acids is 6. The first-order valence-corrected chi connectivity index (χ1v) is 26.2. The van der Waals surface area contributed by atoms with Gasteiger partial charge in [0.2, 0.25) is 5.91 Å². The van der Waals surface area contributed by atoms with Crippen molar-refractivity contribution in [2.24, 2.45) is 5.92 Å². The number of hydrogen-bond donors (Lipinski definition) is 4. The summed E-state index contributed by atoms with van der Waals surface area (Å²) in [4.78, 5) is 87.7.